The van der Waals surface area contributed by atoms with Crippen molar-refractivity contribution in [3.05, 3.63) is 0 Å². The monoisotopic (exact) mass is 460 g/mol. The third kappa shape index (κ3) is 8.43. The van der Waals surface area contributed by atoms with Crippen molar-refractivity contribution in [1.29, 1.82) is 0 Å². The lowest BCUT2D eigenvalue weighted by molar-refractivity contribution is -0.176. The number of aliphatic hydroxyl groups is 1. The van der Waals surface area contributed by atoms with Crippen LogP contribution in [0.5, 0.6) is 0 Å². The molecule has 0 amide bonds. The fourth-order valence-electron chi connectivity index (χ4n) is 3.66. The van der Waals surface area contributed by atoms with Gasteiger partial charge in [0.1, 0.15) is 42.7 Å². The molecule has 0 aromatic carbocycles. The molecule has 5 aliphatic heterocycles. The maximum Gasteiger partial charge on any atom is 0.114 e. The van der Waals surface area contributed by atoms with Gasteiger partial charge in [-0.05, 0) is 19.3 Å². The minimum atomic E-state index is -0.876. The average Bonchev–Trinajstić information content (AvgIpc) is 3.63. The van der Waals surface area contributed by atoms with Crippen molar-refractivity contribution < 1.29 is 47.7 Å². The maximum absolute atomic E-state index is 11.4. The molecule has 0 aromatic heterocycles. The van der Waals surface area contributed by atoms with E-state index in [1.54, 1.807) is 0 Å². The fraction of sp³-hybridized carbons (Fsp3) is 1.00. The van der Waals surface area contributed by atoms with E-state index in [1.165, 1.54) is 0 Å². The summed E-state index contributed by atoms with van der Waals surface area (Å²) in [5.74, 6) is 0. The first-order valence-electron chi connectivity index (χ1n) is 11.9. The van der Waals surface area contributed by atoms with E-state index in [4.69, 9.17) is 42.6 Å². The van der Waals surface area contributed by atoms with Gasteiger partial charge in [0.05, 0.1) is 78.3 Å². The Bertz CT molecular complexity index is 559. The Kier molecular flexibility index (Phi) is 8.28. The topological polar surface area (TPSA) is 120 Å². The zero-order valence-corrected chi connectivity index (χ0v) is 18.5. The summed E-state index contributed by atoms with van der Waals surface area (Å²) in [6.45, 7) is 5.78. The van der Waals surface area contributed by atoms with Gasteiger partial charge in [0, 0.05) is 0 Å². The standard InChI is InChI=1S/C22H36O10/c23-21(19(30-10-16-7-27-16)3-1-2-14-5-25-14)22(32-12-18-9-29-18)20(31-11-17-8-28-17)13-24-4-15-6-26-15/h14-23H,1-13H2. The van der Waals surface area contributed by atoms with Crippen LogP contribution < -0.4 is 0 Å². The van der Waals surface area contributed by atoms with Gasteiger partial charge in [-0.2, -0.15) is 0 Å². The van der Waals surface area contributed by atoms with Gasteiger partial charge in [0.2, 0.25) is 0 Å². The number of epoxide rings is 5. The summed E-state index contributed by atoms with van der Waals surface area (Å²) in [6, 6.07) is 0. The average molecular weight is 461 g/mol. The van der Waals surface area contributed by atoms with Gasteiger partial charge >= 0.3 is 0 Å². The largest absolute Gasteiger partial charge is 0.388 e. The van der Waals surface area contributed by atoms with E-state index >= 15 is 0 Å². The summed E-state index contributed by atoms with van der Waals surface area (Å²) in [6.07, 6.45) is 1.07. The second kappa shape index (κ2) is 11.4. The second-order valence-corrected chi connectivity index (χ2v) is 9.28. The van der Waals surface area contributed by atoms with Crippen LogP contribution in [0.25, 0.3) is 0 Å². The molecule has 184 valence electrons. The molecule has 0 aliphatic carbocycles. The summed E-state index contributed by atoms with van der Waals surface area (Å²) in [7, 11) is 0. The van der Waals surface area contributed by atoms with Gasteiger partial charge in [-0.1, -0.05) is 0 Å². The van der Waals surface area contributed by atoms with E-state index in [-0.39, 0.29) is 24.4 Å². The predicted octanol–water partition coefficient (Wildman–Crippen LogP) is -0.316. The predicted molar refractivity (Wildman–Crippen MR) is 109 cm³/mol. The molecule has 9 unspecified atom stereocenters. The van der Waals surface area contributed by atoms with Gasteiger partial charge in [-0.3, -0.25) is 0 Å². The molecule has 0 bridgehead atoms. The van der Waals surface area contributed by atoms with E-state index in [0.29, 0.717) is 65.4 Å². The lowest BCUT2D eigenvalue weighted by Gasteiger charge is -2.34. The van der Waals surface area contributed by atoms with Crippen molar-refractivity contribution in [2.24, 2.45) is 0 Å². The van der Waals surface area contributed by atoms with Crippen molar-refractivity contribution in [3.63, 3.8) is 0 Å². The molecule has 0 aromatic rings. The Balaban J connectivity index is 1.20. The van der Waals surface area contributed by atoms with E-state index in [2.05, 4.69) is 0 Å². The molecule has 5 fully saturated rings. The molecule has 9 atom stereocenters. The normalized spacial score (nSPS) is 35.7. The van der Waals surface area contributed by atoms with Gasteiger partial charge < -0.3 is 47.7 Å². The van der Waals surface area contributed by atoms with Crippen molar-refractivity contribution in [3.8, 4) is 0 Å². The third-order valence-electron chi connectivity index (χ3n) is 6.16. The van der Waals surface area contributed by atoms with E-state index < -0.39 is 24.4 Å². The highest BCUT2D eigenvalue weighted by atomic mass is 16.6. The number of rotatable bonds is 20. The number of hydrogen-bond donors (Lipinski definition) is 1. The van der Waals surface area contributed by atoms with Crippen molar-refractivity contribution in [2.75, 3.05) is 66.1 Å². The van der Waals surface area contributed by atoms with Crippen LogP contribution >= 0.6 is 0 Å². The van der Waals surface area contributed by atoms with Crippen LogP contribution in [0.2, 0.25) is 0 Å². The van der Waals surface area contributed by atoms with Crippen LogP contribution in [0.15, 0.2) is 0 Å². The highest BCUT2D eigenvalue weighted by Gasteiger charge is 2.40. The van der Waals surface area contributed by atoms with E-state index in [1.807, 2.05) is 0 Å². The molecule has 0 saturated carbocycles. The molecule has 5 saturated heterocycles. The summed E-state index contributed by atoms with van der Waals surface area (Å²) >= 11 is 0. The number of ether oxygens (including phenoxy) is 9. The van der Waals surface area contributed by atoms with Gasteiger partial charge in [-0.25, -0.2) is 0 Å². The molecule has 5 aliphatic rings. The second-order valence-electron chi connectivity index (χ2n) is 9.28. The van der Waals surface area contributed by atoms with Crippen LogP contribution in [0.1, 0.15) is 19.3 Å². The molecule has 10 heteroatoms. The van der Waals surface area contributed by atoms with Crippen LogP contribution in [-0.4, -0.2) is 126 Å². The Morgan fingerprint density at radius 1 is 0.656 bits per heavy atom. The van der Waals surface area contributed by atoms with Gasteiger partial charge in [0.25, 0.3) is 0 Å². The SMILES string of the molecule is OC(C(CCCC1CO1)OCC1CO1)C(OCC1CO1)C(COCC1CO1)OCC1CO1. The molecular weight excluding hydrogens is 424 g/mol. The van der Waals surface area contributed by atoms with E-state index in [9.17, 15) is 5.11 Å². The van der Waals surface area contributed by atoms with Crippen molar-refractivity contribution >= 4 is 0 Å². The fourth-order valence-corrected chi connectivity index (χ4v) is 3.66. The molecule has 10 nitrogen and oxygen atoms in total. The summed E-state index contributed by atoms with van der Waals surface area (Å²) < 4.78 is 50.7. The van der Waals surface area contributed by atoms with Crippen molar-refractivity contribution in [2.45, 2.75) is 74.2 Å². The highest BCUT2D eigenvalue weighted by Crippen LogP contribution is 2.25. The molecule has 32 heavy (non-hydrogen) atoms. The van der Waals surface area contributed by atoms with Gasteiger partial charge in [0.15, 0.2) is 0 Å². The molecule has 0 spiro atoms. The lowest BCUT2D eigenvalue weighted by atomic mass is 9.98. The first-order valence-corrected chi connectivity index (χ1v) is 11.9. The summed E-state index contributed by atoms with van der Waals surface area (Å²) in [5.41, 5.74) is 0. The lowest BCUT2D eigenvalue weighted by Crippen LogP contribution is -2.50. The smallest absolute Gasteiger partial charge is 0.114 e. The van der Waals surface area contributed by atoms with Crippen LogP contribution in [0.3, 0.4) is 0 Å². The van der Waals surface area contributed by atoms with Crippen LogP contribution in [0, 0.1) is 0 Å². The first kappa shape index (κ1) is 23.3. The molecular formula is C22H36O10. The molecule has 5 rings (SSSR count). The molecule has 1 N–H and O–H groups in total. The zero-order valence-electron chi connectivity index (χ0n) is 18.5. The van der Waals surface area contributed by atoms with Crippen LogP contribution in [-0.2, 0) is 42.6 Å². The first-order chi connectivity index (χ1) is 15.7. The minimum absolute atomic E-state index is 0.0733. The van der Waals surface area contributed by atoms with Crippen LogP contribution in [0.4, 0.5) is 0 Å². The minimum Gasteiger partial charge on any atom is -0.388 e. The summed E-state index contributed by atoms with van der Waals surface area (Å²) in [4.78, 5) is 0. The Labute approximate surface area is 188 Å². The third-order valence-corrected chi connectivity index (χ3v) is 6.16. The molecule has 0 radical (unpaired) electrons. The van der Waals surface area contributed by atoms with E-state index in [0.717, 1.165) is 26.1 Å². The zero-order chi connectivity index (χ0) is 21.8. The number of aliphatic hydroxyl groups excluding tert-OH is 1. The van der Waals surface area contributed by atoms with Gasteiger partial charge in [-0.15, -0.1) is 0 Å². The quantitative estimate of drug-likeness (QED) is 0.242. The molecule has 5 heterocycles. The Hall–Kier alpha value is -0.400. The maximum atomic E-state index is 11.4. The number of hydrogen-bond acceptors (Lipinski definition) is 10. The summed E-state index contributed by atoms with van der Waals surface area (Å²) in [5, 5.41) is 11.4. The highest BCUT2D eigenvalue weighted by molar-refractivity contribution is 4.88. The Morgan fingerprint density at radius 2 is 1.16 bits per heavy atom. The van der Waals surface area contributed by atoms with Crippen molar-refractivity contribution in [1.82, 2.24) is 0 Å². The Morgan fingerprint density at radius 3 is 1.72 bits per heavy atom.